The molecule has 0 amide bonds. The molecule has 116 valence electrons. The van der Waals surface area contributed by atoms with Crippen molar-refractivity contribution in [3.8, 4) is 5.75 Å². The van der Waals surface area contributed by atoms with E-state index in [2.05, 4.69) is 6.92 Å². The lowest BCUT2D eigenvalue weighted by Crippen LogP contribution is -2.25. The number of hydrogen-bond acceptors (Lipinski definition) is 1. The molecule has 0 fully saturated rings. The summed E-state index contributed by atoms with van der Waals surface area (Å²) in [5.74, 6) is 0.919. The minimum absolute atomic E-state index is 0.0807. The lowest BCUT2D eigenvalue weighted by molar-refractivity contribution is -0.137. The van der Waals surface area contributed by atoms with Gasteiger partial charge >= 0.3 is 6.18 Å². The Morgan fingerprint density at radius 2 is 1.73 bits per heavy atom. The highest BCUT2D eigenvalue weighted by Crippen LogP contribution is 2.41. The summed E-state index contributed by atoms with van der Waals surface area (Å²) in [6.45, 7) is 2.06. The van der Waals surface area contributed by atoms with Crippen LogP contribution in [0.4, 0.5) is 13.2 Å². The summed E-state index contributed by atoms with van der Waals surface area (Å²) >= 11 is 0. The van der Waals surface area contributed by atoms with Gasteiger partial charge in [0.15, 0.2) is 0 Å². The van der Waals surface area contributed by atoms with E-state index in [1.54, 1.807) is 12.1 Å². The zero-order valence-electron chi connectivity index (χ0n) is 12.2. The lowest BCUT2D eigenvalue weighted by atomic mass is 9.83. The molecular formula is C18H17F3O. The molecule has 0 N–H and O–H groups in total. The molecule has 0 spiro atoms. The normalized spacial score (nSPS) is 21.1. The predicted octanol–water partition coefficient (Wildman–Crippen LogP) is 5.40. The first kappa shape index (κ1) is 14.9. The maximum Gasteiger partial charge on any atom is 0.416 e. The van der Waals surface area contributed by atoms with Crippen molar-refractivity contribution in [2.45, 2.75) is 38.0 Å². The van der Waals surface area contributed by atoms with Crippen molar-refractivity contribution in [1.82, 2.24) is 0 Å². The third kappa shape index (κ3) is 2.82. The largest absolute Gasteiger partial charge is 0.490 e. The molecule has 22 heavy (non-hydrogen) atoms. The van der Waals surface area contributed by atoms with Gasteiger partial charge in [0.05, 0.1) is 11.7 Å². The molecule has 3 rings (SSSR count). The van der Waals surface area contributed by atoms with E-state index in [1.165, 1.54) is 0 Å². The van der Waals surface area contributed by atoms with Gasteiger partial charge in [0.1, 0.15) is 5.75 Å². The zero-order chi connectivity index (χ0) is 15.7. The van der Waals surface area contributed by atoms with Crippen molar-refractivity contribution in [3.63, 3.8) is 0 Å². The molecule has 2 aromatic carbocycles. The van der Waals surface area contributed by atoms with E-state index >= 15 is 0 Å². The van der Waals surface area contributed by atoms with Gasteiger partial charge in [-0.3, -0.25) is 0 Å². The molecule has 0 radical (unpaired) electrons. The van der Waals surface area contributed by atoms with Crippen LogP contribution in [0.1, 0.15) is 42.4 Å². The Bertz CT molecular complexity index is 646. The van der Waals surface area contributed by atoms with Crippen LogP contribution in [-0.4, -0.2) is 6.10 Å². The first-order chi connectivity index (χ1) is 10.5. The number of benzene rings is 2. The summed E-state index contributed by atoms with van der Waals surface area (Å²) in [6.07, 6.45) is -2.52. The highest BCUT2D eigenvalue weighted by Gasteiger charge is 2.32. The van der Waals surface area contributed by atoms with Gasteiger partial charge in [-0.2, -0.15) is 13.2 Å². The summed E-state index contributed by atoms with van der Waals surface area (Å²) in [5, 5.41) is 0. The lowest BCUT2D eigenvalue weighted by Gasteiger charge is -2.32. The van der Waals surface area contributed by atoms with Gasteiger partial charge in [0.25, 0.3) is 0 Å². The van der Waals surface area contributed by atoms with Crippen LogP contribution in [0.5, 0.6) is 5.75 Å². The molecule has 1 aliphatic rings. The SMILES string of the molecule is CCC1CC(c2ccc(C(F)(F)F)cc2)c2ccccc2O1. The van der Waals surface area contributed by atoms with Gasteiger partial charge in [-0.05, 0) is 36.6 Å². The van der Waals surface area contributed by atoms with Gasteiger partial charge in [-0.1, -0.05) is 37.3 Å². The molecule has 1 aliphatic heterocycles. The van der Waals surface area contributed by atoms with Crippen LogP contribution in [-0.2, 0) is 6.18 Å². The average Bonchev–Trinajstić information content (AvgIpc) is 2.53. The number of hydrogen-bond donors (Lipinski definition) is 0. The molecule has 2 unspecified atom stereocenters. The molecule has 2 aromatic rings. The number of ether oxygens (including phenoxy) is 1. The summed E-state index contributed by atoms with van der Waals surface area (Å²) in [4.78, 5) is 0. The number of fused-ring (bicyclic) bond motifs is 1. The topological polar surface area (TPSA) is 9.23 Å². The van der Waals surface area contributed by atoms with Crippen LogP contribution >= 0.6 is 0 Å². The molecule has 1 nitrogen and oxygen atoms in total. The number of alkyl halides is 3. The third-order valence-electron chi connectivity index (χ3n) is 4.18. The third-order valence-corrected chi connectivity index (χ3v) is 4.18. The highest BCUT2D eigenvalue weighted by molar-refractivity contribution is 5.44. The van der Waals surface area contributed by atoms with Crippen molar-refractivity contribution in [3.05, 3.63) is 65.2 Å². The maximum absolute atomic E-state index is 12.7. The van der Waals surface area contributed by atoms with Crippen LogP contribution in [0.15, 0.2) is 48.5 Å². The smallest absolute Gasteiger partial charge is 0.416 e. The summed E-state index contributed by atoms with van der Waals surface area (Å²) < 4.78 is 44.0. The second kappa shape index (κ2) is 5.67. The predicted molar refractivity (Wildman–Crippen MR) is 79.1 cm³/mol. The highest BCUT2D eigenvalue weighted by atomic mass is 19.4. The molecule has 2 atom stereocenters. The van der Waals surface area contributed by atoms with E-state index in [0.29, 0.717) is 0 Å². The molecule has 0 aliphatic carbocycles. The van der Waals surface area contributed by atoms with Gasteiger partial charge in [0, 0.05) is 11.5 Å². The van der Waals surface area contributed by atoms with Crippen molar-refractivity contribution >= 4 is 0 Å². The number of rotatable bonds is 2. The molecular weight excluding hydrogens is 289 g/mol. The average molecular weight is 306 g/mol. The van der Waals surface area contributed by atoms with E-state index in [-0.39, 0.29) is 12.0 Å². The van der Waals surface area contributed by atoms with Crippen molar-refractivity contribution < 1.29 is 17.9 Å². The summed E-state index contributed by atoms with van der Waals surface area (Å²) in [7, 11) is 0. The van der Waals surface area contributed by atoms with Gasteiger partial charge in [0.2, 0.25) is 0 Å². The zero-order valence-corrected chi connectivity index (χ0v) is 12.2. The second-order valence-corrected chi connectivity index (χ2v) is 5.59. The Labute approximate surface area is 127 Å². The Kier molecular flexibility index (Phi) is 3.85. The summed E-state index contributed by atoms with van der Waals surface area (Å²) in [5.41, 5.74) is 1.35. The number of halogens is 3. The molecule has 4 heteroatoms. The van der Waals surface area contributed by atoms with Crippen molar-refractivity contribution in [2.24, 2.45) is 0 Å². The summed E-state index contributed by atoms with van der Waals surface area (Å²) in [6, 6.07) is 13.3. The fraction of sp³-hybridized carbons (Fsp3) is 0.333. The minimum atomic E-state index is -4.29. The Morgan fingerprint density at radius 3 is 2.36 bits per heavy atom. The Balaban J connectivity index is 1.97. The van der Waals surface area contributed by atoms with Gasteiger partial charge in [-0.15, -0.1) is 0 Å². The van der Waals surface area contributed by atoms with Crippen LogP contribution in [0, 0.1) is 0 Å². The minimum Gasteiger partial charge on any atom is -0.490 e. The van der Waals surface area contributed by atoms with E-state index in [9.17, 15) is 13.2 Å². The van der Waals surface area contributed by atoms with E-state index in [4.69, 9.17) is 4.74 Å². The monoisotopic (exact) mass is 306 g/mol. The molecule has 0 bridgehead atoms. The van der Waals surface area contributed by atoms with E-state index < -0.39 is 11.7 Å². The first-order valence-electron chi connectivity index (χ1n) is 7.41. The first-order valence-corrected chi connectivity index (χ1v) is 7.41. The van der Waals surface area contributed by atoms with Crippen molar-refractivity contribution in [2.75, 3.05) is 0 Å². The fourth-order valence-corrected chi connectivity index (χ4v) is 2.96. The van der Waals surface area contributed by atoms with Crippen molar-refractivity contribution in [1.29, 1.82) is 0 Å². The second-order valence-electron chi connectivity index (χ2n) is 5.59. The van der Waals surface area contributed by atoms with Gasteiger partial charge in [-0.25, -0.2) is 0 Å². The maximum atomic E-state index is 12.7. The standard InChI is InChI=1S/C18H17F3O/c1-2-14-11-16(15-5-3-4-6-17(15)22-14)12-7-9-13(10-8-12)18(19,20)21/h3-10,14,16H,2,11H2,1H3. The van der Waals surface area contributed by atoms with Crippen LogP contribution in [0.2, 0.25) is 0 Å². The molecule has 0 saturated carbocycles. The van der Waals surface area contributed by atoms with E-state index in [1.807, 2.05) is 24.3 Å². The quantitative estimate of drug-likeness (QED) is 0.722. The molecule has 1 heterocycles. The Hall–Kier alpha value is -1.97. The van der Waals surface area contributed by atoms with Crippen LogP contribution in [0.3, 0.4) is 0 Å². The van der Waals surface area contributed by atoms with Crippen LogP contribution < -0.4 is 4.74 Å². The number of para-hydroxylation sites is 1. The Morgan fingerprint density at radius 1 is 1.05 bits per heavy atom. The molecule has 0 aromatic heterocycles. The van der Waals surface area contributed by atoms with E-state index in [0.717, 1.165) is 41.9 Å². The fourth-order valence-electron chi connectivity index (χ4n) is 2.96. The van der Waals surface area contributed by atoms with Crippen LogP contribution in [0.25, 0.3) is 0 Å². The molecule has 0 saturated heterocycles. The van der Waals surface area contributed by atoms with Gasteiger partial charge < -0.3 is 4.74 Å².